The number of nitrogens with zero attached hydrogens (tertiary/aromatic N) is 3. The Morgan fingerprint density at radius 3 is 2.44 bits per heavy atom. The number of aryl methyl sites for hydroxylation is 3. The molecule has 0 amide bonds. The van der Waals surface area contributed by atoms with Crippen molar-refractivity contribution in [2.75, 3.05) is 0 Å². The average Bonchev–Trinajstić information content (AvgIpc) is 2.72. The van der Waals surface area contributed by atoms with Crippen LogP contribution in [-0.2, 0) is 26.1 Å². The fourth-order valence-electron chi connectivity index (χ4n) is 1.64. The molecule has 0 unspecified atom stereocenters. The second-order valence-corrected chi connectivity index (χ2v) is 3.98. The van der Waals surface area contributed by atoms with Crippen LogP contribution in [-0.4, -0.2) is 14.8 Å². The summed E-state index contributed by atoms with van der Waals surface area (Å²) in [5, 5.41) is 4.02. The van der Waals surface area contributed by atoms with E-state index in [4.69, 9.17) is 0 Å². The van der Waals surface area contributed by atoms with Gasteiger partial charge in [0.05, 0.1) is 5.56 Å². The Balaban J connectivity index is 2.01. The summed E-state index contributed by atoms with van der Waals surface area (Å²) in [7, 11) is 1.83. The predicted octanol–water partition coefficient (Wildman–Crippen LogP) is 2.62. The van der Waals surface area contributed by atoms with Crippen LogP contribution in [0.25, 0.3) is 0 Å². The Morgan fingerprint density at radius 2 is 1.94 bits per heavy atom. The van der Waals surface area contributed by atoms with Crippen LogP contribution in [0, 0.1) is 0 Å². The third-order valence-corrected chi connectivity index (χ3v) is 2.71. The SMILES string of the molecule is Cn1nccc1CCc1ccc(C(F)(F)F)cn1. The highest BCUT2D eigenvalue weighted by molar-refractivity contribution is 5.17. The van der Waals surface area contributed by atoms with Crippen LogP contribution in [0.2, 0.25) is 0 Å². The minimum atomic E-state index is -4.33. The van der Waals surface area contributed by atoms with Crippen molar-refractivity contribution in [3.8, 4) is 0 Å². The normalized spacial score (nSPS) is 11.8. The molecule has 0 fully saturated rings. The Hall–Kier alpha value is -1.85. The molecule has 0 aliphatic heterocycles. The summed E-state index contributed by atoms with van der Waals surface area (Å²) in [6, 6.07) is 4.36. The van der Waals surface area contributed by atoms with E-state index in [2.05, 4.69) is 10.1 Å². The first-order valence-corrected chi connectivity index (χ1v) is 5.46. The van der Waals surface area contributed by atoms with Crippen molar-refractivity contribution in [3.05, 3.63) is 47.5 Å². The van der Waals surface area contributed by atoms with Crippen molar-refractivity contribution < 1.29 is 13.2 Å². The first kappa shape index (κ1) is 12.6. The molecule has 2 heterocycles. The van der Waals surface area contributed by atoms with E-state index in [1.165, 1.54) is 6.07 Å². The third kappa shape index (κ3) is 2.88. The van der Waals surface area contributed by atoms with Gasteiger partial charge in [0.25, 0.3) is 0 Å². The third-order valence-electron chi connectivity index (χ3n) is 2.71. The topological polar surface area (TPSA) is 30.7 Å². The summed E-state index contributed by atoms with van der Waals surface area (Å²) < 4.78 is 38.7. The fourth-order valence-corrected chi connectivity index (χ4v) is 1.64. The van der Waals surface area contributed by atoms with Crippen LogP contribution in [0.1, 0.15) is 17.0 Å². The molecule has 0 atom stereocenters. The smallest absolute Gasteiger partial charge is 0.273 e. The largest absolute Gasteiger partial charge is 0.417 e. The van der Waals surface area contributed by atoms with Crippen molar-refractivity contribution in [1.29, 1.82) is 0 Å². The molecule has 0 radical (unpaired) electrons. The number of halogens is 3. The quantitative estimate of drug-likeness (QED) is 0.844. The van der Waals surface area contributed by atoms with Gasteiger partial charge in [-0.25, -0.2) is 0 Å². The zero-order chi connectivity index (χ0) is 13.2. The van der Waals surface area contributed by atoms with Crippen LogP contribution in [0.5, 0.6) is 0 Å². The Bertz CT molecular complexity index is 514. The van der Waals surface area contributed by atoms with Crippen LogP contribution < -0.4 is 0 Å². The lowest BCUT2D eigenvalue weighted by Crippen LogP contribution is -2.06. The second-order valence-electron chi connectivity index (χ2n) is 3.98. The van der Waals surface area contributed by atoms with Gasteiger partial charge in [-0.15, -0.1) is 0 Å². The van der Waals surface area contributed by atoms with Gasteiger partial charge in [-0.3, -0.25) is 9.67 Å². The van der Waals surface area contributed by atoms with Crippen molar-refractivity contribution in [2.24, 2.45) is 7.05 Å². The number of pyridine rings is 1. The monoisotopic (exact) mass is 255 g/mol. The molecule has 2 aromatic rings. The summed E-state index contributed by atoms with van der Waals surface area (Å²) in [6.07, 6.45) is -0.464. The maximum atomic E-state index is 12.3. The summed E-state index contributed by atoms with van der Waals surface area (Å²) >= 11 is 0. The number of hydrogen-bond donors (Lipinski definition) is 0. The first-order valence-electron chi connectivity index (χ1n) is 5.46. The van der Waals surface area contributed by atoms with Crippen LogP contribution >= 0.6 is 0 Å². The molecule has 2 rings (SSSR count). The minimum Gasteiger partial charge on any atom is -0.273 e. The summed E-state index contributed by atoms with van der Waals surface area (Å²) in [4.78, 5) is 3.82. The highest BCUT2D eigenvalue weighted by atomic mass is 19.4. The highest BCUT2D eigenvalue weighted by Crippen LogP contribution is 2.28. The standard InChI is InChI=1S/C12H12F3N3/c1-18-11(6-7-17-18)5-4-10-3-2-9(8-16-10)12(13,14)15/h2-3,6-8H,4-5H2,1H3. The van der Waals surface area contributed by atoms with Gasteiger partial charge in [-0.05, 0) is 31.0 Å². The highest BCUT2D eigenvalue weighted by Gasteiger charge is 2.30. The van der Waals surface area contributed by atoms with Crippen LogP contribution in [0.4, 0.5) is 13.2 Å². The molecule has 0 N–H and O–H groups in total. The van der Waals surface area contributed by atoms with Gasteiger partial charge >= 0.3 is 6.18 Å². The van der Waals surface area contributed by atoms with E-state index in [1.54, 1.807) is 10.9 Å². The van der Waals surface area contributed by atoms with E-state index in [-0.39, 0.29) is 0 Å². The number of alkyl halides is 3. The van der Waals surface area contributed by atoms with Crippen molar-refractivity contribution >= 4 is 0 Å². The molecule has 3 nitrogen and oxygen atoms in total. The second kappa shape index (κ2) is 4.80. The van der Waals surface area contributed by atoms with E-state index >= 15 is 0 Å². The molecular formula is C12H12F3N3. The molecule has 2 aromatic heterocycles. The minimum absolute atomic E-state index is 0.595. The van der Waals surface area contributed by atoms with E-state index in [1.807, 2.05) is 13.1 Å². The molecule has 18 heavy (non-hydrogen) atoms. The van der Waals surface area contributed by atoms with Crippen molar-refractivity contribution in [2.45, 2.75) is 19.0 Å². The summed E-state index contributed by atoms with van der Waals surface area (Å²) in [6.45, 7) is 0. The summed E-state index contributed by atoms with van der Waals surface area (Å²) in [5.41, 5.74) is 0.952. The molecule has 0 aliphatic carbocycles. The van der Waals surface area contributed by atoms with E-state index in [9.17, 15) is 13.2 Å². The maximum Gasteiger partial charge on any atom is 0.417 e. The lowest BCUT2D eigenvalue weighted by Gasteiger charge is -2.07. The molecule has 96 valence electrons. The van der Waals surface area contributed by atoms with Gasteiger partial charge in [0.1, 0.15) is 0 Å². The van der Waals surface area contributed by atoms with Crippen molar-refractivity contribution in [1.82, 2.24) is 14.8 Å². The molecule has 0 saturated carbocycles. The zero-order valence-corrected chi connectivity index (χ0v) is 9.78. The van der Waals surface area contributed by atoms with Crippen LogP contribution in [0.3, 0.4) is 0 Å². The van der Waals surface area contributed by atoms with Gasteiger partial charge in [0.2, 0.25) is 0 Å². The lowest BCUT2D eigenvalue weighted by molar-refractivity contribution is -0.137. The summed E-state index contributed by atoms with van der Waals surface area (Å²) in [5.74, 6) is 0. The van der Waals surface area contributed by atoms with E-state index in [0.29, 0.717) is 18.5 Å². The fraction of sp³-hybridized carbons (Fsp3) is 0.333. The Morgan fingerprint density at radius 1 is 1.17 bits per heavy atom. The average molecular weight is 255 g/mol. The zero-order valence-electron chi connectivity index (χ0n) is 9.78. The molecule has 0 saturated heterocycles. The van der Waals surface area contributed by atoms with Crippen molar-refractivity contribution in [3.63, 3.8) is 0 Å². The molecule has 0 bridgehead atoms. The predicted molar refractivity (Wildman–Crippen MR) is 59.9 cm³/mol. The molecule has 0 aliphatic rings. The number of rotatable bonds is 3. The van der Waals surface area contributed by atoms with Crippen LogP contribution in [0.15, 0.2) is 30.6 Å². The molecule has 0 aromatic carbocycles. The molecular weight excluding hydrogens is 243 g/mol. The molecule has 6 heteroatoms. The maximum absolute atomic E-state index is 12.3. The number of hydrogen-bond acceptors (Lipinski definition) is 2. The van der Waals surface area contributed by atoms with Gasteiger partial charge in [-0.1, -0.05) is 0 Å². The molecule has 0 spiro atoms. The first-order chi connectivity index (χ1) is 8.47. The number of aromatic nitrogens is 3. The van der Waals surface area contributed by atoms with E-state index in [0.717, 1.165) is 18.0 Å². The Kier molecular flexibility index (Phi) is 3.36. The Labute approximate surface area is 102 Å². The van der Waals surface area contributed by atoms with Gasteiger partial charge in [0.15, 0.2) is 0 Å². The van der Waals surface area contributed by atoms with Gasteiger partial charge in [-0.2, -0.15) is 18.3 Å². The van der Waals surface area contributed by atoms with Gasteiger partial charge in [0, 0.05) is 30.8 Å². The lowest BCUT2D eigenvalue weighted by atomic mass is 10.1. The van der Waals surface area contributed by atoms with Gasteiger partial charge < -0.3 is 0 Å². The van der Waals surface area contributed by atoms with E-state index < -0.39 is 11.7 Å².